The Balaban J connectivity index is 1.11. The molecule has 2 aliphatic rings. The van der Waals surface area contributed by atoms with Gasteiger partial charge in [-0.3, -0.25) is 0 Å². The van der Waals surface area contributed by atoms with Crippen LogP contribution in [-0.4, -0.2) is 32.6 Å². The van der Waals surface area contributed by atoms with E-state index in [1.165, 1.54) is 55.9 Å². The van der Waals surface area contributed by atoms with Crippen molar-refractivity contribution in [1.29, 1.82) is 0 Å². The SMILES string of the molecule is CNc1ncnc2c1ccn2C1CC[C@@H](CCc2ccc3ccc(NC4CCC4)nc3c2)C1. The summed E-state index contributed by atoms with van der Waals surface area (Å²) in [6.07, 6.45) is 13.8. The lowest BCUT2D eigenvalue weighted by molar-refractivity contribution is 0.444. The van der Waals surface area contributed by atoms with E-state index in [1.54, 1.807) is 6.33 Å². The van der Waals surface area contributed by atoms with Crippen LogP contribution >= 0.6 is 0 Å². The third kappa shape index (κ3) is 4.03. The first-order valence-electron chi connectivity index (χ1n) is 12.4. The minimum absolute atomic E-state index is 0.533. The fraction of sp³-hybridized carbons (Fsp3) is 0.444. The van der Waals surface area contributed by atoms with Crippen LogP contribution in [0, 0.1) is 5.92 Å². The minimum atomic E-state index is 0.533. The third-order valence-corrected chi connectivity index (χ3v) is 7.71. The fourth-order valence-electron chi connectivity index (χ4n) is 5.56. The molecule has 6 heteroatoms. The van der Waals surface area contributed by atoms with E-state index in [2.05, 4.69) is 67.8 Å². The number of benzene rings is 1. The summed E-state index contributed by atoms with van der Waals surface area (Å²) >= 11 is 0. The molecule has 0 amide bonds. The predicted molar refractivity (Wildman–Crippen MR) is 135 cm³/mol. The molecule has 6 rings (SSSR count). The highest BCUT2D eigenvalue weighted by Crippen LogP contribution is 2.39. The lowest BCUT2D eigenvalue weighted by Gasteiger charge is -2.26. The summed E-state index contributed by atoms with van der Waals surface area (Å²) in [5.74, 6) is 2.68. The van der Waals surface area contributed by atoms with Gasteiger partial charge in [-0.05, 0) is 87.1 Å². The van der Waals surface area contributed by atoms with Gasteiger partial charge in [-0.15, -0.1) is 0 Å². The van der Waals surface area contributed by atoms with Gasteiger partial charge in [-0.2, -0.15) is 0 Å². The molecular weight excluding hydrogens is 408 g/mol. The second-order valence-corrected chi connectivity index (χ2v) is 9.80. The average molecular weight is 441 g/mol. The molecule has 0 bridgehead atoms. The van der Waals surface area contributed by atoms with Crippen LogP contribution in [-0.2, 0) is 6.42 Å². The molecule has 0 aliphatic heterocycles. The van der Waals surface area contributed by atoms with Crippen molar-refractivity contribution in [3.63, 3.8) is 0 Å². The van der Waals surface area contributed by atoms with E-state index < -0.39 is 0 Å². The highest BCUT2D eigenvalue weighted by molar-refractivity contribution is 5.87. The number of anilines is 2. The van der Waals surface area contributed by atoms with Crippen LogP contribution in [0.1, 0.15) is 56.6 Å². The van der Waals surface area contributed by atoms with Crippen molar-refractivity contribution in [2.45, 2.75) is 63.5 Å². The van der Waals surface area contributed by atoms with Crippen molar-refractivity contribution >= 4 is 33.6 Å². The maximum atomic E-state index is 4.89. The molecule has 2 fully saturated rings. The van der Waals surface area contributed by atoms with Gasteiger partial charge in [0.25, 0.3) is 0 Å². The van der Waals surface area contributed by atoms with Crippen LogP contribution in [0.25, 0.3) is 21.9 Å². The summed E-state index contributed by atoms with van der Waals surface area (Å²) in [5, 5.41) is 9.09. The molecule has 0 spiro atoms. The summed E-state index contributed by atoms with van der Waals surface area (Å²) in [7, 11) is 1.92. The summed E-state index contributed by atoms with van der Waals surface area (Å²) in [4.78, 5) is 13.8. The van der Waals surface area contributed by atoms with Crippen molar-refractivity contribution in [2.75, 3.05) is 17.7 Å². The molecule has 3 heterocycles. The van der Waals surface area contributed by atoms with E-state index in [9.17, 15) is 0 Å². The Morgan fingerprint density at radius 1 is 1.03 bits per heavy atom. The van der Waals surface area contributed by atoms with E-state index in [-0.39, 0.29) is 0 Å². The van der Waals surface area contributed by atoms with Crippen LogP contribution in [0.4, 0.5) is 11.6 Å². The van der Waals surface area contributed by atoms with Crippen molar-refractivity contribution < 1.29 is 0 Å². The van der Waals surface area contributed by atoms with Gasteiger partial charge in [0.2, 0.25) is 0 Å². The molecular formula is C27H32N6. The van der Waals surface area contributed by atoms with E-state index in [0.717, 1.165) is 40.5 Å². The Hall–Kier alpha value is -3.15. The largest absolute Gasteiger partial charge is 0.372 e. The third-order valence-electron chi connectivity index (χ3n) is 7.71. The number of aromatic nitrogens is 4. The number of nitrogens with one attached hydrogen (secondary N) is 2. The van der Waals surface area contributed by atoms with E-state index >= 15 is 0 Å². The average Bonchev–Trinajstić information content (AvgIpc) is 3.46. The zero-order chi connectivity index (χ0) is 22.2. The number of hydrogen-bond acceptors (Lipinski definition) is 5. The van der Waals surface area contributed by atoms with Gasteiger partial charge in [0.1, 0.15) is 23.6 Å². The van der Waals surface area contributed by atoms with Crippen molar-refractivity contribution in [3.05, 3.63) is 54.5 Å². The van der Waals surface area contributed by atoms with Crippen LogP contribution in [0.15, 0.2) is 48.9 Å². The Bertz CT molecular complexity index is 1270. The second kappa shape index (κ2) is 8.65. The molecule has 1 unspecified atom stereocenters. The number of pyridine rings is 1. The van der Waals surface area contributed by atoms with Crippen molar-refractivity contribution in [3.8, 4) is 0 Å². The molecule has 3 aromatic heterocycles. The van der Waals surface area contributed by atoms with Crippen molar-refractivity contribution in [2.24, 2.45) is 5.92 Å². The topological polar surface area (TPSA) is 67.7 Å². The number of aryl methyl sites for hydroxylation is 1. The van der Waals surface area contributed by atoms with Gasteiger partial charge < -0.3 is 15.2 Å². The maximum absolute atomic E-state index is 4.89. The Kier molecular flexibility index (Phi) is 5.36. The molecule has 2 saturated carbocycles. The van der Waals surface area contributed by atoms with E-state index in [1.807, 2.05) is 7.05 Å². The lowest BCUT2D eigenvalue weighted by atomic mass is 9.93. The highest BCUT2D eigenvalue weighted by atomic mass is 15.1. The monoisotopic (exact) mass is 440 g/mol. The first-order valence-corrected chi connectivity index (χ1v) is 12.4. The molecule has 6 nitrogen and oxygen atoms in total. The molecule has 33 heavy (non-hydrogen) atoms. The summed E-state index contributed by atoms with van der Waals surface area (Å²) < 4.78 is 2.37. The standard InChI is InChI=1S/C27H32N6/c1-28-26-23-13-14-33(27(23)30-17-29-26)22-11-8-18(15-22)5-6-19-7-9-20-10-12-25(32-24(20)16-19)31-21-3-2-4-21/h7,9-10,12-14,16-18,21-22H,2-6,8,11,15H2,1H3,(H,31,32)(H,28,29,30)/t18-,22?/m1/s1. The zero-order valence-corrected chi connectivity index (χ0v) is 19.3. The molecule has 170 valence electrons. The Labute approximate surface area is 194 Å². The summed E-state index contributed by atoms with van der Waals surface area (Å²) in [6.45, 7) is 0. The Morgan fingerprint density at radius 2 is 1.94 bits per heavy atom. The number of nitrogens with zero attached hydrogens (tertiary/aromatic N) is 4. The predicted octanol–water partition coefficient (Wildman–Crippen LogP) is 5.96. The molecule has 4 aromatic rings. The van der Waals surface area contributed by atoms with Gasteiger partial charge >= 0.3 is 0 Å². The van der Waals surface area contributed by atoms with Crippen LogP contribution in [0.2, 0.25) is 0 Å². The van der Waals surface area contributed by atoms with E-state index in [0.29, 0.717) is 12.1 Å². The molecule has 2 N–H and O–H groups in total. The first kappa shape index (κ1) is 20.5. The summed E-state index contributed by atoms with van der Waals surface area (Å²) in [6, 6.07) is 14.4. The van der Waals surface area contributed by atoms with Gasteiger partial charge in [0.05, 0.1) is 10.9 Å². The Morgan fingerprint density at radius 3 is 2.79 bits per heavy atom. The lowest BCUT2D eigenvalue weighted by Crippen LogP contribution is -2.27. The van der Waals surface area contributed by atoms with Gasteiger partial charge in [-0.1, -0.05) is 12.1 Å². The van der Waals surface area contributed by atoms with Crippen LogP contribution in [0.5, 0.6) is 0 Å². The smallest absolute Gasteiger partial charge is 0.145 e. The van der Waals surface area contributed by atoms with Crippen LogP contribution in [0.3, 0.4) is 0 Å². The number of hydrogen-bond donors (Lipinski definition) is 2. The quantitative estimate of drug-likeness (QED) is 0.371. The minimum Gasteiger partial charge on any atom is -0.372 e. The van der Waals surface area contributed by atoms with Gasteiger partial charge in [-0.25, -0.2) is 15.0 Å². The highest BCUT2D eigenvalue weighted by Gasteiger charge is 2.27. The maximum Gasteiger partial charge on any atom is 0.145 e. The molecule has 1 aromatic carbocycles. The first-order chi connectivity index (χ1) is 16.3. The number of fused-ring (bicyclic) bond motifs is 2. The fourth-order valence-corrected chi connectivity index (χ4v) is 5.56. The number of rotatable bonds is 7. The normalized spacial score (nSPS) is 20.9. The van der Waals surface area contributed by atoms with Crippen molar-refractivity contribution in [1.82, 2.24) is 19.5 Å². The molecule has 2 aliphatic carbocycles. The van der Waals surface area contributed by atoms with Crippen LogP contribution < -0.4 is 10.6 Å². The second-order valence-electron chi connectivity index (χ2n) is 9.80. The van der Waals surface area contributed by atoms with E-state index in [4.69, 9.17) is 4.98 Å². The molecule has 2 atom stereocenters. The van der Waals surface area contributed by atoms with Gasteiger partial charge in [0.15, 0.2) is 0 Å². The van der Waals surface area contributed by atoms with Gasteiger partial charge in [0, 0.05) is 30.7 Å². The molecule has 0 radical (unpaired) electrons. The summed E-state index contributed by atoms with van der Waals surface area (Å²) in [5.41, 5.74) is 3.56. The molecule has 0 saturated heterocycles. The zero-order valence-electron chi connectivity index (χ0n) is 19.3.